The number of nitrogens with zero attached hydrogens (tertiary/aromatic N) is 1. The van der Waals surface area contributed by atoms with E-state index in [0.717, 1.165) is 0 Å². The van der Waals surface area contributed by atoms with Gasteiger partial charge in [0.1, 0.15) is 0 Å². The normalized spacial score (nSPS) is 12.4. The molecule has 1 atom stereocenters. The molecule has 0 aliphatic heterocycles. The molecule has 0 saturated carbocycles. The van der Waals surface area contributed by atoms with Crippen LogP contribution in [0.15, 0.2) is 31.4 Å². The zero-order chi connectivity index (χ0) is 11.0. The molecular weight excluding hydrogens is 208 g/mol. The van der Waals surface area contributed by atoms with Crippen LogP contribution in [0.25, 0.3) is 0 Å². The molecule has 1 unspecified atom stereocenters. The van der Waals surface area contributed by atoms with Gasteiger partial charge in [0.2, 0.25) is 0 Å². The Morgan fingerprint density at radius 2 is 2.36 bits per heavy atom. The molecule has 80 valence electrons. The lowest BCUT2D eigenvalue weighted by Crippen LogP contribution is -2.11. The SMILES string of the molecule is C=CC(C)OS(=O)(=O)O.c1c[nH]cn1. The topological polar surface area (TPSA) is 92.3 Å². The van der Waals surface area contributed by atoms with Crippen molar-refractivity contribution < 1.29 is 17.2 Å². The molecule has 0 fully saturated rings. The number of hydrogen-bond donors (Lipinski definition) is 2. The Morgan fingerprint density at radius 1 is 1.71 bits per heavy atom. The largest absolute Gasteiger partial charge is 0.397 e. The van der Waals surface area contributed by atoms with Crippen molar-refractivity contribution in [2.75, 3.05) is 0 Å². The molecule has 2 N–H and O–H groups in total. The third-order valence-electron chi connectivity index (χ3n) is 1.01. The highest BCUT2D eigenvalue weighted by atomic mass is 32.3. The van der Waals surface area contributed by atoms with E-state index in [1.165, 1.54) is 13.0 Å². The summed E-state index contributed by atoms with van der Waals surface area (Å²) in [5, 5.41) is 0. The van der Waals surface area contributed by atoms with Gasteiger partial charge >= 0.3 is 10.4 Å². The molecule has 0 amide bonds. The lowest BCUT2D eigenvalue weighted by Gasteiger charge is -2.01. The zero-order valence-electron chi connectivity index (χ0n) is 7.62. The fourth-order valence-electron chi connectivity index (χ4n) is 0.446. The number of H-pyrrole nitrogens is 1. The van der Waals surface area contributed by atoms with Gasteiger partial charge in [-0.15, -0.1) is 6.58 Å². The summed E-state index contributed by atoms with van der Waals surface area (Å²) in [6, 6.07) is 0. The molecule has 0 aliphatic carbocycles. The van der Waals surface area contributed by atoms with Crippen molar-refractivity contribution in [3.63, 3.8) is 0 Å². The first-order valence-corrected chi connectivity index (χ1v) is 5.03. The summed E-state index contributed by atoms with van der Waals surface area (Å²) in [5.74, 6) is 0. The van der Waals surface area contributed by atoms with Crippen LogP contribution in [-0.2, 0) is 14.6 Å². The maximum atomic E-state index is 9.89. The van der Waals surface area contributed by atoms with Crippen LogP contribution in [0.5, 0.6) is 0 Å². The highest BCUT2D eigenvalue weighted by Crippen LogP contribution is 1.95. The number of imidazole rings is 1. The van der Waals surface area contributed by atoms with Crippen molar-refractivity contribution in [2.45, 2.75) is 13.0 Å². The molecule has 1 heterocycles. The molecule has 1 aromatic rings. The predicted octanol–water partition coefficient (Wildman–Crippen LogP) is 0.790. The second-order valence-corrected chi connectivity index (χ2v) is 3.27. The fraction of sp³-hybridized carbons (Fsp3) is 0.286. The summed E-state index contributed by atoms with van der Waals surface area (Å²) in [4.78, 5) is 6.42. The van der Waals surface area contributed by atoms with Crippen LogP contribution in [0.2, 0.25) is 0 Å². The van der Waals surface area contributed by atoms with Gasteiger partial charge < -0.3 is 4.98 Å². The van der Waals surface area contributed by atoms with E-state index in [2.05, 4.69) is 20.7 Å². The van der Waals surface area contributed by atoms with Crippen LogP contribution >= 0.6 is 0 Å². The number of rotatable bonds is 3. The van der Waals surface area contributed by atoms with Gasteiger partial charge in [-0.3, -0.25) is 4.55 Å². The van der Waals surface area contributed by atoms with E-state index in [0.29, 0.717) is 0 Å². The highest BCUT2D eigenvalue weighted by Gasteiger charge is 2.07. The third-order valence-corrected chi connectivity index (χ3v) is 1.56. The van der Waals surface area contributed by atoms with Gasteiger partial charge in [0.05, 0.1) is 12.4 Å². The third kappa shape index (κ3) is 8.91. The standard InChI is InChI=1S/C4H8O4S.C3H4N2/c1-3-4(2)8-9(5,6)7;1-2-5-3-4-1/h3-4H,1H2,2H3,(H,5,6,7);1-3H,(H,4,5). The molecule has 1 aromatic heterocycles. The van der Waals surface area contributed by atoms with Gasteiger partial charge in [-0.1, -0.05) is 6.08 Å². The van der Waals surface area contributed by atoms with Crippen molar-refractivity contribution in [2.24, 2.45) is 0 Å². The Labute approximate surface area is 82.6 Å². The first-order valence-electron chi connectivity index (χ1n) is 3.66. The molecule has 1 rings (SSSR count). The minimum absolute atomic E-state index is 0.681. The van der Waals surface area contributed by atoms with Crippen LogP contribution < -0.4 is 0 Å². The molecule has 0 saturated heterocycles. The molecule has 0 spiro atoms. The van der Waals surface area contributed by atoms with E-state index < -0.39 is 16.5 Å². The van der Waals surface area contributed by atoms with Crippen molar-refractivity contribution in [3.8, 4) is 0 Å². The van der Waals surface area contributed by atoms with Gasteiger partial charge in [-0.2, -0.15) is 8.42 Å². The maximum absolute atomic E-state index is 9.89. The lowest BCUT2D eigenvalue weighted by atomic mass is 10.4. The van der Waals surface area contributed by atoms with E-state index in [4.69, 9.17) is 4.55 Å². The number of hydrogen-bond acceptors (Lipinski definition) is 4. The Morgan fingerprint density at radius 3 is 2.50 bits per heavy atom. The molecule has 0 aromatic carbocycles. The molecule has 0 bridgehead atoms. The van der Waals surface area contributed by atoms with Crippen molar-refractivity contribution >= 4 is 10.4 Å². The van der Waals surface area contributed by atoms with Gasteiger partial charge in [-0.25, -0.2) is 9.17 Å². The zero-order valence-corrected chi connectivity index (χ0v) is 8.44. The second-order valence-electron chi connectivity index (χ2n) is 2.23. The fourth-order valence-corrected chi connectivity index (χ4v) is 0.908. The highest BCUT2D eigenvalue weighted by molar-refractivity contribution is 7.80. The Kier molecular flexibility index (Phi) is 5.77. The molecular formula is C7H12N2O4S. The van der Waals surface area contributed by atoms with Crippen LogP contribution in [0.1, 0.15) is 6.92 Å². The van der Waals surface area contributed by atoms with Gasteiger partial charge in [0, 0.05) is 12.4 Å². The predicted molar refractivity (Wildman–Crippen MR) is 50.9 cm³/mol. The summed E-state index contributed by atoms with van der Waals surface area (Å²) < 4.78 is 31.8. The van der Waals surface area contributed by atoms with E-state index >= 15 is 0 Å². The van der Waals surface area contributed by atoms with E-state index in [9.17, 15) is 8.42 Å². The van der Waals surface area contributed by atoms with Crippen LogP contribution in [0, 0.1) is 0 Å². The summed E-state index contributed by atoms with van der Waals surface area (Å²) in [6.45, 7) is 4.69. The Hall–Kier alpha value is -1.18. The van der Waals surface area contributed by atoms with E-state index in [1.807, 2.05) is 0 Å². The average Bonchev–Trinajstić information content (AvgIpc) is 2.57. The van der Waals surface area contributed by atoms with Gasteiger partial charge in [0.25, 0.3) is 0 Å². The molecule has 7 heteroatoms. The summed E-state index contributed by atoms with van der Waals surface area (Å²) >= 11 is 0. The molecule has 0 aliphatic rings. The lowest BCUT2D eigenvalue weighted by molar-refractivity contribution is 0.234. The van der Waals surface area contributed by atoms with Crippen LogP contribution in [0.3, 0.4) is 0 Å². The first kappa shape index (κ1) is 12.8. The summed E-state index contributed by atoms with van der Waals surface area (Å²) in [6.07, 6.45) is 5.66. The van der Waals surface area contributed by atoms with Crippen LogP contribution in [-0.4, -0.2) is 29.0 Å². The monoisotopic (exact) mass is 220 g/mol. The molecule has 0 radical (unpaired) electrons. The Balaban J connectivity index is 0.000000280. The first-order chi connectivity index (χ1) is 6.45. The Bertz CT molecular complexity index is 315. The molecule has 14 heavy (non-hydrogen) atoms. The van der Waals surface area contributed by atoms with Gasteiger partial charge in [0.15, 0.2) is 0 Å². The van der Waals surface area contributed by atoms with E-state index in [-0.39, 0.29) is 0 Å². The maximum Gasteiger partial charge on any atom is 0.397 e. The van der Waals surface area contributed by atoms with Crippen molar-refractivity contribution in [1.82, 2.24) is 9.97 Å². The smallest absolute Gasteiger partial charge is 0.351 e. The second kappa shape index (κ2) is 6.30. The van der Waals surface area contributed by atoms with Crippen molar-refractivity contribution in [3.05, 3.63) is 31.4 Å². The minimum atomic E-state index is -4.31. The summed E-state index contributed by atoms with van der Waals surface area (Å²) in [7, 11) is -4.31. The van der Waals surface area contributed by atoms with E-state index in [1.54, 1.807) is 18.7 Å². The van der Waals surface area contributed by atoms with Gasteiger partial charge in [-0.05, 0) is 6.92 Å². The number of nitrogens with one attached hydrogen (secondary N) is 1. The van der Waals surface area contributed by atoms with Crippen molar-refractivity contribution in [1.29, 1.82) is 0 Å². The average molecular weight is 220 g/mol. The quantitative estimate of drug-likeness (QED) is 0.580. The number of aromatic nitrogens is 2. The molecule has 6 nitrogen and oxygen atoms in total. The summed E-state index contributed by atoms with van der Waals surface area (Å²) in [5.41, 5.74) is 0. The van der Waals surface area contributed by atoms with Crippen LogP contribution in [0.4, 0.5) is 0 Å². The number of aromatic amines is 1. The minimum Gasteiger partial charge on any atom is -0.351 e.